The van der Waals surface area contributed by atoms with Gasteiger partial charge in [-0.3, -0.25) is 0 Å². The molecule has 0 aliphatic carbocycles. The number of benzene rings is 2. The van der Waals surface area contributed by atoms with Crippen LogP contribution in [0.15, 0.2) is 75.1 Å². The predicted octanol–water partition coefficient (Wildman–Crippen LogP) is 5.21. The van der Waals surface area contributed by atoms with E-state index in [9.17, 15) is 9.90 Å². The Bertz CT molecular complexity index is 832. The van der Waals surface area contributed by atoms with E-state index >= 15 is 0 Å². The van der Waals surface area contributed by atoms with Crippen molar-refractivity contribution in [1.29, 1.82) is 0 Å². The fourth-order valence-corrected chi connectivity index (χ4v) is 2.86. The van der Waals surface area contributed by atoms with Gasteiger partial charge >= 0.3 is 5.97 Å². The second kappa shape index (κ2) is 10.4. The van der Waals surface area contributed by atoms with Gasteiger partial charge in [0.15, 0.2) is 0 Å². The number of esters is 1. The molecule has 6 nitrogen and oxygen atoms in total. The fourth-order valence-electron chi connectivity index (χ4n) is 2.09. The van der Waals surface area contributed by atoms with Gasteiger partial charge in [0, 0.05) is 4.90 Å². The van der Waals surface area contributed by atoms with E-state index in [4.69, 9.17) is 9.47 Å². The number of para-hydroxylation sites is 1. The van der Waals surface area contributed by atoms with E-state index in [0.717, 1.165) is 10.5 Å². The van der Waals surface area contributed by atoms with Crippen LogP contribution in [0.5, 0.6) is 5.75 Å². The molecule has 2 rings (SSSR count). The quantitative estimate of drug-likeness (QED) is 0.221. The summed E-state index contributed by atoms with van der Waals surface area (Å²) in [6.07, 6.45) is 0. The molecule has 1 N–H and O–H groups in total. The molecule has 0 fully saturated rings. The van der Waals surface area contributed by atoms with E-state index in [0.29, 0.717) is 11.4 Å². The summed E-state index contributed by atoms with van der Waals surface area (Å²) in [7, 11) is 1.52. The Hall–Kier alpha value is -2.80. The van der Waals surface area contributed by atoms with Crippen molar-refractivity contribution in [2.45, 2.75) is 18.7 Å². The molecule has 0 amide bonds. The number of carbonyl (C=O) groups is 1. The van der Waals surface area contributed by atoms with Crippen molar-refractivity contribution in [3.05, 3.63) is 65.6 Å². The maximum Gasteiger partial charge on any atom is 0.362 e. The molecule has 2 aromatic carbocycles. The molecule has 0 heterocycles. The highest BCUT2D eigenvalue weighted by Gasteiger charge is 2.17. The summed E-state index contributed by atoms with van der Waals surface area (Å²) in [5.74, 6) is -0.240. The van der Waals surface area contributed by atoms with Gasteiger partial charge in [-0.25, -0.2) is 4.79 Å². The number of aliphatic hydroxyl groups is 1. The Morgan fingerprint density at radius 3 is 2.52 bits per heavy atom. The predicted molar refractivity (Wildman–Crippen MR) is 106 cm³/mol. The molecule has 0 atom stereocenters. The molecule has 0 unspecified atom stereocenters. The molecule has 2 aromatic rings. The first-order chi connectivity index (χ1) is 13.0. The van der Waals surface area contributed by atoms with Gasteiger partial charge < -0.3 is 14.6 Å². The smallest absolute Gasteiger partial charge is 0.362 e. The number of azo groups is 1. The molecule has 27 heavy (non-hydrogen) atoms. The molecule has 0 bridgehead atoms. The van der Waals surface area contributed by atoms with Gasteiger partial charge in [0.05, 0.1) is 19.5 Å². The van der Waals surface area contributed by atoms with E-state index in [1.54, 1.807) is 31.2 Å². The zero-order chi connectivity index (χ0) is 19.6. The van der Waals surface area contributed by atoms with Crippen molar-refractivity contribution in [3.63, 3.8) is 0 Å². The molecule has 0 aliphatic rings. The molecule has 0 aliphatic heterocycles. The van der Waals surface area contributed by atoms with E-state index in [1.165, 1.54) is 18.9 Å². The van der Waals surface area contributed by atoms with Crippen molar-refractivity contribution in [3.8, 4) is 5.75 Å². The maximum atomic E-state index is 12.2. The largest absolute Gasteiger partial charge is 0.509 e. The van der Waals surface area contributed by atoms with Gasteiger partial charge in [-0.15, -0.1) is 22.0 Å². The third-order valence-corrected chi connectivity index (χ3v) is 4.50. The number of thioether (sulfide) groups is 1. The van der Waals surface area contributed by atoms with Gasteiger partial charge in [-0.05, 0) is 38.1 Å². The van der Waals surface area contributed by atoms with Crippen LogP contribution >= 0.6 is 11.8 Å². The van der Waals surface area contributed by atoms with E-state index in [2.05, 4.69) is 10.2 Å². The number of nitrogens with zero attached hydrogens (tertiary/aromatic N) is 2. The highest BCUT2D eigenvalue weighted by Crippen LogP contribution is 2.28. The number of aryl methyl sites for hydroxylation is 1. The lowest BCUT2D eigenvalue weighted by Gasteiger charge is -2.07. The topological polar surface area (TPSA) is 80.5 Å². The second-order valence-electron chi connectivity index (χ2n) is 5.49. The molecule has 142 valence electrons. The minimum atomic E-state index is -0.724. The van der Waals surface area contributed by atoms with Crippen molar-refractivity contribution < 1.29 is 19.4 Å². The Morgan fingerprint density at radius 2 is 1.85 bits per heavy atom. The summed E-state index contributed by atoms with van der Waals surface area (Å²) < 4.78 is 10.2. The zero-order valence-corrected chi connectivity index (χ0v) is 16.3. The van der Waals surface area contributed by atoms with Crippen LogP contribution in [0.1, 0.15) is 12.5 Å². The van der Waals surface area contributed by atoms with Gasteiger partial charge in [0.25, 0.3) is 0 Å². The highest BCUT2D eigenvalue weighted by molar-refractivity contribution is 7.99. The minimum Gasteiger partial charge on any atom is -0.509 e. The number of carbonyl (C=O) groups excluding carboxylic acids is 1. The summed E-state index contributed by atoms with van der Waals surface area (Å²) >= 11 is 1.39. The first-order valence-corrected chi connectivity index (χ1v) is 9.37. The van der Waals surface area contributed by atoms with E-state index < -0.39 is 5.97 Å². The first kappa shape index (κ1) is 20.5. The molecule has 0 saturated carbocycles. The number of hydrogen-bond donors (Lipinski definition) is 1. The van der Waals surface area contributed by atoms with Crippen molar-refractivity contribution >= 4 is 23.4 Å². The standard InChI is InChI=1S/C20H22N2O4S/c1-4-26-20(24)19(22-21-16-7-5-6-8-18(16)25-3)17(23)13-27-15-11-9-14(2)10-12-15/h5-12,23H,4,13H2,1-3H3. The summed E-state index contributed by atoms with van der Waals surface area (Å²) in [6.45, 7) is 3.86. The number of hydrogen-bond acceptors (Lipinski definition) is 7. The molecule has 0 spiro atoms. The van der Waals surface area contributed by atoms with Crippen LogP contribution in [0.3, 0.4) is 0 Å². The number of methoxy groups -OCH3 is 1. The van der Waals surface area contributed by atoms with Crippen LogP contribution in [-0.4, -0.2) is 30.5 Å². The Kier molecular flexibility index (Phi) is 7.88. The van der Waals surface area contributed by atoms with Crippen molar-refractivity contribution in [2.75, 3.05) is 19.5 Å². The van der Waals surface area contributed by atoms with E-state index in [-0.39, 0.29) is 23.8 Å². The van der Waals surface area contributed by atoms with Crippen molar-refractivity contribution in [1.82, 2.24) is 0 Å². The van der Waals surface area contributed by atoms with Crippen LogP contribution in [0.25, 0.3) is 0 Å². The molecule has 0 saturated heterocycles. The second-order valence-corrected chi connectivity index (χ2v) is 6.54. The first-order valence-electron chi connectivity index (χ1n) is 8.38. The third-order valence-electron chi connectivity index (χ3n) is 3.48. The molecule has 7 heteroatoms. The summed E-state index contributed by atoms with van der Waals surface area (Å²) in [5.41, 5.74) is 1.38. The van der Waals surface area contributed by atoms with Gasteiger partial charge in [0.1, 0.15) is 17.2 Å². The Balaban J connectivity index is 2.23. The van der Waals surface area contributed by atoms with Crippen molar-refractivity contribution in [2.24, 2.45) is 10.2 Å². The van der Waals surface area contributed by atoms with E-state index in [1.807, 2.05) is 31.2 Å². The normalized spacial score (nSPS) is 12.0. The number of ether oxygens (including phenoxy) is 2. The maximum absolute atomic E-state index is 12.2. The third kappa shape index (κ3) is 6.14. The lowest BCUT2D eigenvalue weighted by molar-refractivity contribution is -0.138. The number of rotatable bonds is 8. The lowest BCUT2D eigenvalue weighted by atomic mass is 10.2. The number of aliphatic hydroxyl groups excluding tert-OH is 1. The van der Waals surface area contributed by atoms with Crippen LogP contribution in [0, 0.1) is 6.92 Å². The average molecular weight is 386 g/mol. The minimum absolute atomic E-state index is 0.169. The summed E-state index contributed by atoms with van der Waals surface area (Å²) in [4.78, 5) is 13.2. The van der Waals surface area contributed by atoms with Gasteiger partial charge in [-0.1, -0.05) is 29.8 Å². The average Bonchev–Trinajstić information content (AvgIpc) is 2.68. The summed E-state index contributed by atoms with van der Waals surface area (Å²) in [5, 5.41) is 18.4. The molecule has 0 radical (unpaired) electrons. The fraction of sp³-hybridized carbons (Fsp3) is 0.250. The van der Waals surface area contributed by atoms with Crippen LogP contribution in [0.4, 0.5) is 5.69 Å². The van der Waals surface area contributed by atoms with Crippen LogP contribution < -0.4 is 4.74 Å². The highest BCUT2D eigenvalue weighted by atomic mass is 32.2. The molecule has 0 aromatic heterocycles. The zero-order valence-electron chi connectivity index (χ0n) is 15.5. The van der Waals surface area contributed by atoms with Gasteiger partial charge in [0.2, 0.25) is 5.70 Å². The Labute approximate surface area is 162 Å². The van der Waals surface area contributed by atoms with Crippen LogP contribution in [-0.2, 0) is 9.53 Å². The lowest BCUT2D eigenvalue weighted by Crippen LogP contribution is -2.09. The van der Waals surface area contributed by atoms with Gasteiger partial charge in [-0.2, -0.15) is 0 Å². The summed E-state index contributed by atoms with van der Waals surface area (Å²) in [6, 6.07) is 14.9. The SMILES string of the molecule is CCOC(=O)C(N=Nc1ccccc1OC)=C(O)CSc1ccc(C)cc1. The van der Waals surface area contributed by atoms with Crippen LogP contribution in [0.2, 0.25) is 0 Å². The monoisotopic (exact) mass is 386 g/mol. The Morgan fingerprint density at radius 1 is 1.15 bits per heavy atom. The molecular weight excluding hydrogens is 364 g/mol. The molecular formula is C20H22N2O4S.